The Bertz CT molecular complexity index is 1410. The van der Waals surface area contributed by atoms with Gasteiger partial charge in [-0.05, 0) is 35.4 Å². The highest BCUT2D eigenvalue weighted by Gasteiger charge is 2.22. The summed E-state index contributed by atoms with van der Waals surface area (Å²) in [5.74, 6) is -0.0568. The molecule has 1 saturated heterocycles. The smallest absolute Gasteiger partial charge is 0.321 e. The molecule has 2 N–H and O–H groups in total. The Morgan fingerprint density at radius 3 is 2.39 bits per heavy atom. The zero-order valence-electron chi connectivity index (χ0n) is 20.0. The van der Waals surface area contributed by atoms with E-state index in [2.05, 4.69) is 15.6 Å². The van der Waals surface area contributed by atoms with E-state index in [1.165, 1.54) is 24.5 Å². The molecule has 0 unspecified atom stereocenters. The third kappa shape index (κ3) is 6.18. The van der Waals surface area contributed by atoms with Crippen LogP contribution in [0.1, 0.15) is 13.3 Å². The summed E-state index contributed by atoms with van der Waals surface area (Å²) in [6.45, 7) is 3.75. The van der Waals surface area contributed by atoms with E-state index in [4.69, 9.17) is 0 Å². The van der Waals surface area contributed by atoms with Crippen LogP contribution < -0.4 is 10.6 Å². The molecule has 1 aromatic heterocycles. The predicted molar refractivity (Wildman–Crippen MR) is 139 cm³/mol. The molecular formula is C24H27N5O5S2. The standard InChI is InChI=1S/C24H27N5O5S2/c1-16(30)28-10-12-29(13-11-28)22(31)8-9-25-23(32)27-24-26-20-7-6-18(15-21(20)35-24)17-4-3-5-19(14-17)36(2,33)34/h3-7,14-15H,8-13H2,1-2H3,(H2,25,26,27,32). The number of carbonyl (C=O) groups excluding carboxylic acids is 3. The Balaban J connectivity index is 1.31. The highest BCUT2D eigenvalue weighted by atomic mass is 32.2. The second-order valence-electron chi connectivity index (χ2n) is 8.52. The number of aromatic nitrogens is 1. The maximum absolute atomic E-state index is 12.4. The van der Waals surface area contributed by atoms with Crippen LogP contribution in [0.25, 0.3) is 21.3 Å². The molecule has 2 aromatic carbocycles. The van der Waals surface area contributed by atoms with E-state index < -0.39 is 15.9 Å². The molecule has 190 valence electrons. The number of thiazole rings is 1. The molecule has 0 aliphatic carbocycles. The maximum atomic E-state index is 12.4. The molecule has 4 amide bonds. The van der Waals surface area contributed by atoms with Gasteiger partial charge < -0.3 is 15.1 Å². The van der Waals surface area contributed by atoms with Crippen LogP contribution in [0.4, 0.5) is 9.93 Å². The van der Waals surface area contributed by atoms with Gasteiger partial charge in [0.05, 0.1) is 15.1 Å². The highest BCUT2D eigenvalue weighted by Crippen LogP contribution is 2.31. The number of nitrogens with zero attached hydrogens (tertiary/aromatic N) is 3. The second kappa shape index (κ2) is 10.6. The fraction of sp³-hybridized carbons (Fsp3) is 0.333. The van der Waals surface area contributed by atoms with Gasteiger partial charge in [0.2, 0.25) is 11.8 Å². The lowest BCUT2D eigenvalue weighted by atomic mass is 10.1. The van der Waals surface area contributed by atoms with E-state index in [9.17, 15) is 22.8 Å². The molecular weight excluding hydrogens is 502 g/mol. The Morgan fingerprint density at radius 1 is 1.00 bits per heavy atom. The fourth-order valence-corrected chi connectivity index (χ4v) is 5.48. The van der Waals surface area contributed by atoms with Crippen LogP contribution in [0.15, 0.2) is 47.4 Å². The Kier molecular flexibility index (Phi) is 7.55. The van der Waals surface area contributed by atoms with Crippen LogP contribution in [-0.2, 0) is 19.4 Å². The first-order valence-corrected chi connectivity index (χ1v) is 14.1. The van der Waals surface area contributed by atoms with Crippen molar-refractivity contribution < 1.29 is 22.8 Å². The van der Waals surface area contributed by atoms with Crippen molar-refractivity contribution in [2.45, 2.75) is 18.2 Å². The molecule has 36 heavy (non-hydrogen) atoms. The highest BCUT2D eigenvalue weighted by molar-refractivity contribution is 7.90. The normalized spacial score (nSPS) is 14.1. The van der Waals surface area contributed by atoms with Gasteiger partial charge in [-0.25, -0.2) is 18.2 Å². The molecule has 12 heteroatoms. The first-order valence-electron chi connectivity index (χ1n) is 11.4. The lowest BCUT2D eigenvalue weighted by molar-refractivity contribution is -0.138. The molecule has 1 fully saturated rings. The maximum Gasteiger partial charge on any atom is 0.321 e. The van der Waals surface area contributed by atoms with Crippen LogP contribution in [0.3, 0.4) is 0 Å². The van der Waals surface area contributed by atoms with Crippen LogP contribution in [0.5, 0.6) is 0 Å². The molecule has 1 aliphatic heterocycles. The molecule has 4 rings (SSSR count). The van der Waals surface area contributed by atoms with Gasteiger partial charge in [-0.2, -0.15) is 0 Å². The topological polar surface area (TPSA) is 129 Å². The minimum Gasteiger partial charge on any atom is -0.339 e. The summed E-state index contributed by atoms with van der Waals surface area (Å²) in [5.41, 5.74) is 2.32. The van der Waals surface area contributed by atoms with Crippen LogP contribution in [0, 0.1) is 0 Å². The average molecular weight is 530 g/mol. The molecule has 0 bridgehead atoms. The Hall–Kier alpha value is -3.51. The number of anilines is 1. The number of amides is 4. The summed E-state index contributed by atoms with van der Waals surface area (Å²) in [5, 5.41) is 5.79. The molecule has 10 nitrogen and oxygen atoms in total. The van der Waals surface area contributed by atoms with Crippen molar-refractivity contribution in [3.05, 3.63) is 42.5 Å². The molecule has 2 heterocycles. The van der Waals surface area contributed by atoms with Gasteiger partial charge in [-0.3, -0.25) is 14.9 Å². The quantitative estimate of drug-likeness (QED) is 0.505. The summed E-state index contributed by atoms with van der Waals surface area (Å²) in [6, 6.07) is 11.9. The lowest BCUT2D eigenvalue weighted by Gasteiger charge is -2.34. The van der Waals surface area contributed by atoms with E-state index in [-0.39, 0.29) is 29.7 Å². The van der Waals surface area contributed by atoms with Crippen molar-refractivity contribution in [2.75, 3.05) is 44.3 Å². The van der Waals surface area contributed by atoms with Gasteiger partial charge >= 0.3 is 6.03 Å². The average Bonchev–Trinajstić information content (AvgIpc) is 3.25. The van der Waals surface area contributed by atoms with Crippen molar-refractivity contribution in [2.24, 2.45) is 0 Å². The van der Waals surface area contributed by atoms with Crippen LogP contribution in [-0.4, -0.2) is 80.0 Å². The number of rotatable bonds is 6. The molecule has 1 aliphatic rings. The van der Waals surface area contributed by atoms with E-state index in [0.717, 1.165) is 15.8 Å². The monoisotopic (exact) mass is 529 g/mol. The van der Waals surface area contributed by atoms with Crippen molar-refractivity contribution in [3.63, 3.8) is 0 Å². The van der Waals surface area contributed by atoms with Gasteiger partial charge in [0.1, 0.15) is 0 Å². The molecule has 0 atom stereocenters. The van der Waals surface area contributed by atoms with Gasteiger partial charge in [0.25, 0.3) is 0 Å². The van der Waals surface area contributed by atoms with Crippen molar-refractivity contribution in [1.29, 1.82) is 0 Å². The Morgan fingerprint density at radius 2 is 1.69 bits per heavy atom. The zero-order chi connectivity index (χ0) is 25.9. The number of carbonyl (C=O) groups is 3. The van der Waals surface area contributed by atoms with Gasteiger partial charge in [-0.1, -0.05) is 29.5 Å². The van der Waals surface area contributed by atoms with E-state index in [0.29, 0.717) is 36.8 Å². The van der Waals surface area contributed by atoms with Crippen LogP contribution >= 0.6 is 11.3 Å². The van der Waals surface area contributed by atoms with Gasteiger partial charge in [0.15, 0.2) is 15.0 Å². The molecule has 0 radical (unpaired) electrons. The van der Waals surface area contributed by atoms with Crippen molar-refractivity contribution in [3.8, 4) is 11.1 Å². The van der Waals surface area contributed by atoms with E-state index in [1.54, 1.807) is 28.0 Å². The van der Waals surface area contributed by atoms with E-state index >= 15 is 0 Å². The summed E-state index contributed by atoms with van der Waals surface area (Å²) in [7, 11) is -3.31. The number of benzene rings is 2. The summed E-state index contributed by atoms with van der Waals surface area (Å²) in [4.78, 5) is 44.2. The van der Waals surface area contributed by atoms with Gasteiger partial charge in [0, 0.05) is 52.3 Å². The number of urea groups is 1. The first kappa shape index (κ1) is 25.6. The molecule has 0 saturated carbocycles. The van der Waals surface area contributed by atoms with Gasteiger partial charge in [-0.15, -0.1) is 0 Å². The number of piperazine rings is 1. The van der Waals surface area contributed by atoms with Crippen molar-refractivity contribution in [1.82, 2.24) is 20.1 Å². The third-order valence-electron chi connectivity index (χ3n) is 5.91. The number of nitrogens with one attached hydrogen (secondary N) is 2. The second-order valence-corrected chi connectivity index (χ2v) is 11.6. The van der Waals surface area contributed by atoms with E-state index in [1.807, 2.05) is 24.3 Å². The molecule has 0 spiro atoms. The first-order chi connectivity index (χ1) is 17.1. The largest absolute Gasteiger partial charge is 0.339 e. The SMILES string of the molecule is CC(=O)N1CCN(C(=O)CCNC(=O)Nc2nc3ccc(-c4cccc(S(C)(=O)=O)c4)cc3s2)CC1. The lowest BCUT2D eigenvalue weighted by Crippen LogP contribution is -2.50. The summed E-state index contributed by atoms with van der Waals surface area (Å²) < 4.78 is 24.6. The zero-order valence-corrected chi connectivity index (χ0v) is 21.6. The summed E-state index contributed by atoms with van der Waals surface area (Å²) >= 11 is 1.30. The predicted octanol–water partition coefficient (Wildman–Crippen LogP) is 2.57. The number of sulfone groups is 1. The number of fused-ring (bicyclic) bond motifs is 1. The minimum atomic E-state index is -3.31. The van der Waals surface area contributed by atoms with Crippen molar-refractivity contribution >= 4 is 54.4 Å². The molecule has 3 aromatic rings. The minimum absolute atomic E-state index is 0.00709. The fourth-order valence-electron chi connectivity index (χ4n) is 3.92. The summed E-state index contributed by atoms with van der Waals surface area (Å²) in [6.07, 6.45) is 1.34. The third-order valence-corrected chi connectivity index (χ3v) is 7.95. The van der Waals surface area contributed by atoms with Crippen LogP contribution in [0.2, 0.25) is 0 Å². The Labute approximate surface area is 213 Å². The number of hydrogen-bond donors (Lipinski definition) is 2. The number of hydrogen-bond acceptors (Lipinski definition) is 7.